The van der Waals surface area contributed by atoms with Crippen molar-refractivity contribution in [1.82, 2.24) is 0 Å². The third kappa shape index (κ3) is 6.93. The van der Waals surface area contributed by atoms with Gasteiger partial charge >= 0.3 is 12.1 Å². The molecule has 1 unspecified atom stereocenters. The lowest BCUT2D eigenvalue weighted by Crippen LogP contribution is -2.24. The fourth-order valence-corrected chi connectivity index (χ4v) is 3.95. The molecule has 2 aromatic rings. The van der Waals surface area contributed by atoms with Crippen molar-refractivity contribution in [2.75, 3.05) is 13.5 Å². The summed E-state index contributed by atoms with van der Waals surface area (Å²) in [6, 6.07) is 5.63. The summed E-state index contributed by atoms with van der Waals surface area (Å²) < 4.78 is 67.0. The Morgan fingerprint density at radius 1 is 1.15 bits per heavy atom. The van der Waals surface area contributed by atoms with Crippen molar-refractivity contribution in [3.05, 3.63) is 57.1 Å². The smallest absolute Gasteiger partial charge is 0.416 e. The average molecular weight is 510 g/mol. The Bertz CT molecular complexity index is 1120. The molecule has 0 saturated heterocycles. The summed E-state index contributed by atoms with van der Waals surface area (Å²) in [5.74, 6) is -0.879. The van der Waals surface area contributed by atoms with Gasteiger partial charge in [0, 0.05) is 18.8 Å². The van der Waals surface area contributed by atoms with Gasteiger partial charge in [-0.25, -0.2) is 0 Å². The maximum absolute atomic E-state index is 13.1. The van der Waals surface area contributed by atoms with E-state index >= 15 is 0 Å². The zero-order valence-electron chi connectivity index (χ0n) is 17.9. The molecule has 0 aliphatic rings. The van der Waals surface area contributed by atoms with Gasteiger partial charge in [-0.1, -0.05) is 11.6 Å². The number of nitrogens with zero attached hydrogens (tertiary/aromatic N) is 1. The molecule has 33 heavy (non-hydrogen) atoms. The van der Waals surface area contributed by atoms with Crippen molar-refractivity contribution in [3.63, 3.8) is 0 Å². The Hall–Kier alpha value is -2.62. The quantitative estimate of drug-likeness (QED) is 0.145. The summed E-state index contributed by atoms with van der Waals surface area (Å²) in [5.41, 5.74) is -2.38. The minimum atomic E-state index is -4.61. The lowest BCUT2D eigenvalue weighted by Gasteiger charge is -2.19. The number of benzene rings is 2. The average Bonchev–Trinajstić information content (AvgIpc) is 2.67. The highest BCUT2D eigenvalue weighted by Crippen LogP contribution is 2.46. The molecule has 0 N–H and O–H groups in total. The second-order valence-electron chi connectivity index (χ2n) is 7.93. The van der Waals surface area contributed by atoms with Gasteiger partial charge in [0.25, 0.3) is 5.69 Å². The van der Waals surface area contributed by atoms with E-state index in [2.05, 4.69) is 0 Å². The number of halogens is 4. The SMILES string of the molecule is CC(C)(C)C(=O)OCOP(C)(=O)c1cc(Oc2ccc(C(F)(F)F)cc2Cl)ccc1[N+](=O)[O-]. The van der Waals surface area contributed by atoms with E-state index in [-0.39, 0.29) is 21.8 Å². The Balaban J connectivity index is 2.32. The summed E-state index contributed by atoms with van der Waals surface area (Å²) in [5, 5.41) is 10.7. The molecule has 0 heterocycles. The highest BCUT2D eigenvalue weighted by atomic mass is 35.5. The Morgan fingerprint density at radius 2 is 1.79 bits per heavy atom. The van der Waals surface area contributed by atoms with Crippen molar-refractivity contribution in [2.45, 2.75) is 26.9 Å². The molecule has 2 aromatic carbocycles. The van der Waals surface area contributed by atoms with E-state index in [9.17, 15) is 32.6 Å². The van der Waals surface area contributed by atoms with Gasteiger partial charge in [0.1, 0.15) is 16.8 Å². The second-order valence-corrected chi connectivity index (χ2v) is 10.8. The number of hydrogen-bond donors (Lipinski definition) is 0. The number of nitro benzene ring substituents is 1. The van der Waals surface area contributed by atoms with Crippen LogP contribution in [0.1, 0.15) is 26.3 Å². The molecule has 2 rings (SSSR count). The van der Waals surface area contributed by atoms with Gasteiger partial charge in [-0.2, -0.15) is 13.2 Å². The molecule has 0 spiro atoms. The van der Waals surface area contributed by atoms with Crippen molar-refractivity contribution in [2.24, 2.45) is 5.41 Å². The minimum Gasteiger partial charge on any atom is -0.456 e. The van der Waals surface area contributed by atoms with Gasteiger partial charge in [0.15, 0.2) is 6.79 Å². The predicted octanol–water partition coefficient (Wildman–Crippen LogP) is 6.16. The van der Waals surface area contributed by atoms with Crippen LogP contribution in [0, 0.1) is 15.5 Å². The molecule has 0 aromatic heterocycles. The van der Waals surface area contributed by atoms with Gasteiger partial charge in [0.05, 0.1) is 20.9 Å². The van der Waals surface area contributed by atoms with Gasteiger partial charge in [0.2, 0.25) is 7.37 Å². The first-order chi connectivity index (χ1) is 15.0. The van der Waals surface area contributed by atoms with E-state index in [1.165, 1.54) is 0 Å². The van der Waals surface area contributed by atoms with Crippen LogP contribution < -0.4 is 10.0 Å². The number of carbonyl (C=O) groups excluding carboxylic acids is 1. The van der Waals surface area contributed by atoms with E-state index < -0.39 is 47.9 Å². The van der Waals surface area contributed by atoms with Crippen LogP contribution in [0.15, 0.2) is 36.4 Å². The fourth-order valence-electron chi connectivity index (χ4n) is 2.40. The third-order valence-electron chi connectivity index (χ3n) is 4.17. The van der Waals surface area contributed by atoms with Crippen molar-refractivity contribution >= 4 is 35.9 Å². The molecule has 0 aliphatic carbocycles. The zero-order chi connectivity index (χ0) is 25.2. The molecule has 180 valence electrons. The largest absolute Gasteiger partial charge is 0.456 e. The topological polar surface area (TPSA) is 105 Å². The van der Waals surface area contributed by atoms with Crippen molar-refractivity contribution in [3.8, 4) is 11.5 Å². The first-order valence-electron chi connectivity index (χ1n) is 9.25. The lowest BCUT2D eigenvalue weighted by molar-refractivity contribution is -0.383. The Kier molecular flexibility index (Phi) is 7.83. The fraction of sp³-hybridized carbons (Fsp3) is 0.350. The van der Waals surface area contributed by atoms with Crippen LogP contribution in [-0.2, 0) is 24.8 Å². The monoisotopic (exact) mass is 509 g/mol. The Labute approximate surface area is 192 Å². The minimum absolute atomic E-state index is 0.0883. The number of ether oxygens (including phenoxy) is 2. The molecule has 0 bridgehead atoms. The van der Waals surface area contributed by atoms with Crippen LogP contribution in [0.5, 0.6) is 11.5 Å². The summed E-state index contributed by atoms with van der Waals surface area (Å²) in [4.78, 5) is 22.5. The van der Waals surface area contributed by atoms with E-state index in [0.29, 0.717) is 6.07 Å². The summed E-state index contributed by atoms with van der Waals surface area (Å²) in [6.45, 7) is 5.17. The maximum Gasteiger partial charge on any atom is 0.416 e. The highest BCUT2D eigenvalue weighted by molar-refractivity contribution is 7.66. The molecule has 0 radical (unpaired) electrons. The van der Waals surface area contributed by atoms with Crippen LogP contribution in [0.4, 0.5) is 18.9 Å². The van der Waals surface area contributed by atoms with Gasteiger partial charge in [-0.05, 0) is 45.0 Å². The number of nitro groups is 1. The third-order valence-corrected chi connectivity index (χ3v) is 6.30. The van der Waals surface area contributed by atoms with Crippen LogP contribution in [0.25, 0.3) is 0 Å². The number of carbonyl (C=O) groups is 1. The highest BCUT2D eigenvalue weighted by Gasteiger charge is 2.33. The van der Waals surface area contributed by atoms with Crippen molar-refractivity contribution in [1.29, 1.82) is 0 Å². The normalized spacial score (nSPS) is 13.8. The van der Waals surface area contributed by atoms with E-state index in [1.807, 2.05) is 0 Å². The number of rotatable bonds is 7. The van der Waals surface area contributed by atoms with Crippen molar-refractivity contribution < 1.29 is 41.5 Å². The number of alkyl halides is 3. The molecular formula is C20H20ClF3NO7P. The first-order valence-corrected chi connectivity index (χ1v) is 11.7. The molecule has 8 nitrogen and oxygen atoms in total. The Morgan fingerprint density at radius 3 is 2.30 bits per heavy atom. The van der Waals surface area contributed by atoms with Gasteiger partial charge in [-0.3, -0.25) is 24.0 Å². The van der Waals surface area contributed by atoms with Crippen LogP contribution in [0.3, 0.4) is 0 Å². The summed E-state index contributed by atoms with van der Waals surface area (Å²) in [6.07, 6.45) is -4.61. The molecule has 1 atom stereocenters. The van der Waals surface area contributed by atoms with E-state index in [0.717, 1.165) is 37.0 Å². The van der Waals surface area contributed by atoms with Crippen LogP contribution >= 0.6 is 19.0 Å². The zero-order valence-corrected chi connectivity index (χ0v) is 19.6. The van der Waals surface area contributed by atoms with Gasteiger partial charge < -0.3 is 9.47 Å². The molecule has 0 aliphatic heterocycles. The van der Waals surface area contributed by atoms with E-state index in [1.54, 1.807) is 20.8 Å². The second kappa shape index (κ2) is 9.70. The first kappa shape index (κ1) is 26.6. The molecule has 13 heteroatoms. The molecule has 0 amide bonds. The van der Waals surface area contributed by atoms with Crippen LogP contribution in [-0.4, -0.2) is 24.4 Å². The van der Waals surface area contributed by atoms with Gasteiger partial charge in [-0.15, -0.1) is 0 Å². The number of hydrogen-bond acceptors (Lipinski definition) is 7. The summed E-state index contributed by atoms with van der Waals surface area (Å²) >= 11 is 5.87. The molecule has 0 saturated carbocycles. The summed E-state index contributed by atoms with van der Waals surface area (Å²) in [7, 11) is -3.90. The lowest BCUT2D eigenvalue weighted by atomic mass is 9.98. The molecule has 0 fully saturated rings. The molecular weight excluding hydrogens is 490 g/mol. The maximum atomic E-state index is 13.1. The van der Waals surface area contributed by atoms with Crippen LogP contribution in [0.2, 0.25) is 5.02 Å². The predicted molar refractivity (Wildman–Crippen MR) is 114 cm³/mol. The standard InChI is InChI=1S/C20H20ClF3NO7P/c1-19(2,3)18(26)30-11-31-33(4,29)17-10-13(6-7-15(17)25(27)28)32-16-8-5-12(9-14(16)21)20(22,23)24/h5-10H,11H2,1-4H3. The number of esters is 1. The van der Waals surface area contributed by atoms with E-state index in [4.69, 9.17) is 25.6 Å².